The van der Waals surface area contributed by atoms with E-state index in [1.807, 2.05) is 6.92 Å². The fourth-order valence-electron chi connectivity index (χ4n) is 1.67. The lowest BCUT2D eigenvalue weighted by Gasteiger charge is -2.10. The summed E-state index contributed by atoms with van der Waals surface area (Å²) in [5.41, 5.74) is 0.900. The fourth-order valence-corrected chi connectivity index (χ4v) is 1.67. The molecule has 0 unspecified atom stereocenters. The van der Waals surface area contributed by atoms with Gasteiger partial charge in [0.25, 0.3) is 0 Å². The highest BCUT2D eigenvalue weighted by Crippen LogP contribution is 2.29. The summed E-state index contributed by atoms with van der Waals surface area (Å²) in [5, 5.41) is 1.24. The van der Waals surface area contributed by atoms with Crippen LogP contribution in [0.5, 0.6) is 5.75 Å². The molecule has 2 aromatic rings. The van der Waals surface area contributed by atoms with Crippen LogP contribution in [0.3, 0.4) is 0 Å². The second kappa shape index (κ2) is 4.33. The van der Waals surface area contributed by atoms with Crippen molar-refractivity contribution < 1.29 is 22.7 Å². The summed E-state index contributed by atoms with van der Waals surface area (Å²) in [6, 6.07) is 9.79. The minimum atomic E-state index is -4.99. The normalized spacial score (nSPS) is 11.6. The largest absolute Gasteiger partial charge is 0.491 e. The highest BCUT2D eigenvalue weighted by Gasteiger charge is 2.41. The van der Waals surface area contributed by atoms with Gasteiger partial charge in [-0.05, 0) is 23.9 Å². The molecule has 0 saturated heterocycles. The molecule has 2 aromatic carbocycles. The summed E-state index contributed by atoms with van der Waals surface area (Å²) < 4.78 is 40.8. The number of carbonyl (C=O) groups is 1. The van der Waals surface area contributed by atoms with E-state index in [2.05, 4.69) is 4.74 Å². The van der Waals surface area contributed by atoms with E-state index in [-0.39, 0.29) is 5.75 Å². The predicted octanol–water partition coefficient (Wildman–Crippen LogP) is 3.62. The smallest absolute Gasteiger partial charge is 0.419 e. The Balaban J connectivity index is 2.47. The maximum Gasteiger partial charge on any atom is 0.491 e. The van der Waals surface area contributed by atoms with E-state index >= 15 is 0 Å². The zero-order chi connectivity index (χ0) is 13.3. The van der Waals surface area contributed by atoms with Crippen LogP contribution in [0.15, 0.2) is 36.4 Å². The van der Waals surface area contributed by atoms with E-state index in [9.17, 15) is 18.0 Å². The number of rotatable bonds is 1. The van der Waals surface area contributed by atoms with E-state index < -0.39 is 12.1 Å². The molecule has 0 radical (unpaired) electrons. The van der Waals surface area contributed by atoms with Crippen LogP contribution < -0.4 is 4.74 Å². The van der Waals surface area contributed by atoms with Crippen molar-refractivity contribution in [1.82, 2.24) is 0 Å². The molecular formula is C13H9F3O2. The highest BCUT2D eigenvalue weighted by atomic mass is 19.4. The Morgan fingerprint density at radius 3 is 2.28 bits per heavy atom. The van der Waals surface area contributed by atoms with Crippen molar-refractivity contribution in [3.63, 3.8) is 0 Å². The van der Waals surface area contributed by atoms with Gasteiger partial charge in [-0.3, -0.25) is 0 Å². The Bertz CT molecular complexity index is 603. The number of esters is 1. The number of carbonyl (C=O) groups excluding carboxylic acids is 1. The molecule has 0 bridgehead atoms. The number of hydrogen-bond acceptors (Lipinski definition) is 2. The van der Waals surface area contributed by atoms with Gasteiger partial charge in [-0.1, -0.05) is 30.3 Å². The molecule has 0 aromatic heterocycles. The van der Waals surface area contributed by atoms with Crippen molar-refractivity contribution in [1.29, 1.82) is 0 Å². The number of ether oxygens (including phenoxy) is 1. The lowest BCUT2D eigenvalue weighted by molar-refractivity contribution is -0.189. The average molecular weight is 254 g/mol. The molecular weight excluding hydrogens is 245 g/mol. The van der Waals surface area contributed by atoms with Gasteiger partial charge in [0.2, 0.25) is 0 Å². The molecule has 94 valence electrons. The lowest BCUT2D eigenvalue weighted by atomic mass is 10.1. The van der Waals surface area contributed by atoms with Crippen LogP contribution in [0, 0.1) is 6.92 Å². The third-order valence-corrected chi connectivity index (χ3v) is 2.54. The number of hydrogen-bond donors (Lipinski definition) is 0. The molecule has 2 nitrogen and oxygen atoms in total. The van der Waals surface area contributed by atoms with E-state index in [0.29, 0.717) is 5.39 Å². The molecule has 5 heteroatoms. The molecule has 2 rings (SSSR count). The van der Waals surface area contributed by atoms with Gasteiger partial charge in [-0.25, -0.2) is 4.79 Å². The molecule has 0 heterocycles. The van der Waals surface area contributed by atoms with Crippen LogP contribution in [-0.2, 0) is 4.79 Å². The van der Waals surface area contributed by atoms with Crippen molar-refractivity contribution in [2.45, 2.75) is 13.1 Å². The summed E-state index contributed by atoms with van der Waals surface area (Å²) in [4.78, 5) is 10.8. The van der Waals surface area contributed by atoms with Crippen LogP contribution in [0.2, 0.25) is 0 Å². The first-order chi connectivity index (χ1) is 8.39. The third kappa shape index (κ3) is 2.30. The quantitative estimate of drug-likeness (QED) is 0.574. The van der Waals surface area contributed by atoms with Gasteiger partial charge < -0.3 is 4.74 Å². The average Bonchev–Trinajstić information content (AvgIpc) is 2.32. The first-order valence-electron chi connectivity index (χ1n) is 5.17. The maximum absolute atomic E-state index is 12.1. The summed E-state index contributed by atoms with van der Waals surface area (Å²) in [5.74, 6) is -2.30. The van der Waals surface area contributed by atoms with Gasteiger partial charge >= 0.3 is 12.1 Å². The number of benzene rings is 2. The third-order valence-electron chi connectivity index (χ3n) is 2.54. The predicted molar refractivity (Wildman–Crippen MR) is 60.4 cm³/mol. The van der Waals surface area contributed by atoms with E-state index in [4.69, 9.17) is 0 Å². The molecule has 0 aliphatic rings. The van der Waals surface area contributed by atoms with Crippen LogP contribution in [0.4, 0.5) is 13.2 Å². The number of fused-ring (bicyclic) bond motifs is 1. The molecule has 0 spiro atoms. The molecule has 0 aliphatic heterocycles. The number of aryl methyl sites for hydroxylation is 1. The van der Waals surface area contributed by atoms with E-state index in [1.54, 1.807) is 30.3 Å². The van der Waals surface area contributed by atoms with Gasteiger partial charge in [-0.2, -0.15) is 13.2 Å². The van der Waals surface area contributed by atoms with Crippen LogP contribution in [0.25, 0.3) is 10.8 Å². The number of halogens is 3. The Hall–Kier alpha value is -2.04. The van der Waals surface area contributed by atoms with Crippen LogP contribution in [0.1, 0.15) is 5.56 Å². The van der Waals surface area contributed by atoms with Gasteiger partial charge in [0, 0.05) is 5.39 Å². The zero-order valence-electron chi connectivity index (χ0n) is 9.41. The van der Waals surface area contributed by atoms with E-state index in [0.717, 1.165) is 10.9 Å². The van der Waals surface area contributed by atoms with Gasteiger partial charge in [0.15, 0.2) is 0 Å². The van der Waals surface area contributed by atoms with Gasteiger partial charge in [0.05, 0.1) is 0 Å². The van der Waals surface area contributed by atoms with Gasteiger partial charge in [-0.15, -0.1) is 0 Å². The van der Waals surface area contributed by atoms with E-state index in [1.165, 1.54) is 6.07 Å². The Morgan fingerprint density at radius 1 is 1.06 bits per heavy atom. The standard InChI is InChI=1S/C13H9F3O2/c1-8-6-7-11(18-12(17)13(14,15)16)10-5-3-2-4-9(8)10/h2-7H,1H3. The monoisotopic (exact) mass is 254 g/mol. The first-order valence-corrected chi connectivity index (χ1v) is 5.17. The summed E-state index contributed by atoms with van der Waals surface area (Å²) >= 11 is 0. The van der Waals surface area contributed by atoms with Crippen molar-refractivity contribution in [3.8, 4) is 5.75 Å². The molecule has 18 heavy (non-hydrogen) atoms. The van der Waals surface area contributed by atoms with Crippen LogP contribution in [-0.4, -0.2) is 12.1 Å². The summed E-state index contributed by atoms with van der Waals surface area (Å²) in [6.07, 6.45) is -4.99. The molecule has 0 atom stereocenters. The fraction of sp³-hybridized carbons (Fsp3) is 0.154. The Kier molecular flexibility index (Phi) is 2.98. The van der Waals surface area contributed by atoms with Crippen LogP contribution >= 0.6 is 0 Å². The summed E-state index contributed by atoms with van der Waals surface area (Å²) in [6.45, 7) is 1.83. The molecule has 0 aliphatic carbocycles. The molecule has 0 fully saturated rings. The van der Waals surface area contributed by atoms with Crippen molar-refractivity contribution >= 4 is 16.7 Å². The molecule has 0 N–H and O–H groups in total. The summed E-state index contributed by atoms with van der Waals surface area (Å²) in [7, 11) is 0. The van der Waals surface area contributed by atoms with Gasteiger partial charge in [0.1, 0.15) is 5.75 Å². The maximum atomic E-state index is 12.1. The first kappa shape index (κ1) is 12.4. The Labute approximate surface area is 101 Å². The lowest BCUT2D eigenvalue weighted by Crippen LogP contribution is -2.28. The van der Waals surface area contributed by atoms with Crippen molar-refractivity contribution in [2.75, 3.05) is 0 Å². The van der Waals surface area contributed by atoms with Crippen molar-refractivity contribution in [2.24, 2.45) is 0 Å². The molecule has 0 amide bonds. The topological polar surface area (TPSA) is 26.3 Å². The Morgan fingerprint density at radius 2 is 1.67 bits per heavy atom. The second-order valence-corrected chi connectivity index (χ2v) is 3.81. The zero-order valence-corrected chi connectivity index (χ0v) is 9.41. The second-order valence-electron chi connectivity index (χ2n) is 3.81. The highest BCUT2D eigenvalue weighted by molar-refractivity contribution is 5.93. The minimum absolute atomic E-state index is 0.0847. The molecule has 0 saturated carbocycles. The number of alkyl halides is 3. The minimum Gasteiger partial charge on any atom is -0.419 e. The van der Waals surface area contributed by atoms with Crippen molar-refractivity contribution in [3.05, 3.63) is 42.0 Å². The SMILES string of the molecule is Cc1ccc(OC(=O)C(F)(F)F)c2ccccc12.